The molecular formula is C18H23ClN2O7S2. The normalized spacial score (nSPS) is 21.5. The maximum atomic E-state index is 12.7. The smallest absolute Gasteiger partial charge is 0.340 e. The molecule has 2 aliphatic rings. The molecule has 2 fully saturated rings. The molecule has 9 nitrogen and oxygen atoms in total. The maximum absolute atomic E-state index is 12.7. The largest absolute Gasteiger partial charge is 0.452 e. The van der Waals surface area contributed by atoms with Crippen LogP contribution in [0.25, 0.3) is 0 Å². The Kier molecular flexibility index (Phi) is 6.75. The number of likely N-dealkylation sites (N-methyl/N-ethyl adjacent to an activating group) is 1. The van der Waals surface area contributed by atoms with Crippen LogP contribution in [-0.4, -0.2) is 82.2 Å². The van der Waals surface area contributed by atoms with Gasteiger partial charge in [0.25, 0.3) is 5.91 Å². The lowest BCUT2D eigenvalue weighted by molar-refractivity contribution is -0.134. The number of rotatable bonds is 6. The number of amides is 1. The molecule has 0 aromatic heterocycles. The molecule has 0 radical (unpaired) electrons. The van der Waals surface area contributed by atoms with Gasteiger partial charge in [0.1, 0.15) is 0 Å². The van der Waals surface area contributed by atoms with Crippen molar-refractivity contribution in [2.24, 2.45) is 0 Å². The third-order valence-electron chi connectivity index (χ3n) is 5.34. The molecule has 1 aromatic rings. The van der Waals surface area contributed by atoms with Crippen LogP contribution in [0.3, 0.4) is 0 Å². The number of benzene rings is 1. The molecule has 1 amide bonds. The molecule has 2 saturated heterocycles. The Labute approximate surface area is 180 Å². The number of sulfonamides is 1. The Bertz CT molecular complexity index is 1050. The van der Waals surface area contributed by atoms with Crippen LogP contribution in [0.5, 0.6) is 0 Å². The predicted molar refractivity (Wildman–Crippen MR) is 110 cm³/mol. The molecule has 0 spiro atoms. The van der Waals surface area contributed by atoms with E-state index in [-0.39, 0.29) is 27.0 Å². The van der Waals surface area contributed by atoms with Crippen molar-refractivity contribution < 1.29 is 31.2 Å². The van der Waals surface area contributed by atoms with Gasteiger partial charge >= 0.3 is 5.97 Å². The van der Waals surface area contributed by atoms with Crippen LogP contribution in [0.4, 0.5) is 0 Å². The van der Waals surface area contributed by atoms with Crippen LogP contribution >= 0.6 is 11.6 Å². The number of hydrogen-bond acceptors (Lipinski definition) is 7. The number of halogens is 1. The summed E-state index contributed by atoms with van der Waals surface area (Å²) in [5.74, 6) is -1.59. The van der Waals surface area contributed by atoms with Crippen molar-refractivity contribution in [2.75, 3.05) is 38.2 Å². The number of nitrogens with zero attached hydrogens (tertiary/aromatic N) is 2. The minimum Gasteiger partial charge on any atom is -0.452 e. The van der Waals surface area contributed by atoms with Crippen molar-refractivity contribution in [3.05, 3.63) is 28.8 Å². The van der Waals surface area contributed by atoms with E-state index in [9.17, 15) is 26.4 Å². The number of hydrogen-bond donors (Lipinski definition) is 0. The Morgan fingerprint density at radius 2 is 1.93 bits per heavy atom. The highest BCUT2D eigenvalue weighted by Gasteiger charge is 2.33. The Balaban J connectivity index is 1.67. The van der Waals surface area contributed by atoms with Crippen LogP contribution in [-0.2, 0) is 29.4 Å². The lowest BCUT2D eigenvalue weighted by Crippen LogP contribution is -2.40. The molecule has 0 saturated carbocycles. The van der Waals surface area contributed by atoms with Crippen LogP contribution in [0.2, 0.25) is 5.02 Å². The zero-order valence-electron chi connectivity index (χ0n) is 16.4. The van der Waals surface area contributed by atoms with Crippen LogP contribution in [0, 0.1) is 0 Å². The van der Waals surface area contributed by atoms with Gasteiger partial charge in [0.05, 0.1) is 27.0 Å². The van der Waals surface area contributed by atoms with Gasteiger partial charge in [0, 0.05) is 26.2 Å². The topological polar surface area (TPSA) is 118 Å². The van der Waals surface area contributed by atoms with E-state index >= 15 is 0 Å². The van der Waals surface area contributed by atoms with Gasteiger partial charge in [-0.3, -0.25) is 4.79 Å². The molecule has 30 heavy (non-hydrogen) atoms. The highest BCUT2D eigenvalue weighted by molar-refractivity contribution is 7.91. The summed E-state index contributed by atoms with van der Waals surface area (Å²) in [6, 6.07) is 3.32. The van der Waals surface area contributed by atoms with E-state index in [4.69, 9.17) is 16.3 Å². The summed E-state index contributed by atoms with van der Waals surface area (Å²) >= 11 is 6.04. The van der Waals surface area contributed by atoms with Crippen molar-refractivity contribution in [1.82, 2.24) is 9.21 Å². The summed E-state index contributed by atoms with van der Waals surface area (Å²) in [5, 5.41) is 0.00284. The molecule has 1 atom stereocenters. The van der Waals surface area contributed by atoms with E-state index < -0.39 is 44.4 Å². The van der Waals surface area contributed by atoms with Crippen molar-refractivity contribution >= 4 is 43.3 Å². The molecule has 3 rings (SSSR count). The van der Waals surface area contributed by atoms with Gasteiger partial charge < -0.3 is 9.64 Å². The van der Waals surface area contributed by atoms with E-state index in [1.807, 2.05) is 0 Å². The lowest BCUT2D eigenvalue weighted by Gasteiger charge is -2.23. The van der Waals surface area contributed by atoms with Gasteiger partial charge in [0.15, 0.2) is 16.4 Å². The Morgan fingerprint density at radius 1 is 1.27 bits per heavy atom. The van der Waals surface area contributed by atoms with E-state index in [0.717, 1.165) is 18.9 Å². The summed E-state index contributed by atoms with van der Waals surface area (Å²) in [5.41, 5.74) is -0.157. The van der Waals surface area contributed by atoms with Gasteiger partial charge in [-0.15, -0.1) is 0 Å². The fourth-order valence-electron chi connectivity index (χ4n) is 3.49. The number of carbonyl (C=O) groups excluding carboxylic acids is 2. The summed E-state index contributed by atoms with van der Waals surface area (Å²) in [6.07, 6.45) is 1.89. The van der Waals surface area contributed by atoms with Gasteiger partial charge in [0.2, 0.25) is 10.0 Å². The minimum absolute atomic E-state index is 0.00284. The Morgan fingerprint density at radius 3 is 2.53 bits per heavy atom. The van der Waals surface area contributed by atoms with E-state index in [0.29, 0.717) is 19.5 Å². The van der Waals surface area contributed by atoms with E-state index in [1.165, 1.54) is 28.4 Å². The van der Waals surface area contributed by atoms with E-state index in [1.54, 1.807) is 0 Å². The first-order chi connectivity index (χ1) is 14.0. The van der Waals surface area contributed by atoms with Crippen LogP contribution in [0.1, 0.15) is 29.6 Å². The van der Waals surface area contributed by atoms with Crippen LogP contribution in [0.15, 0.2) is 23.1 Å². The second-order valence-electron chi connectivity index (χ2n) is 7.39. The van der Waals surface area contributed by atoms with E-state index in [2.05, 4.69) is 0 Å². The van der Waals surface area contributed by atoms with Gasteiger partial charge in [-0.2, -0.15) is 4.31 Å². The summed E-state index contributed by atoms with van der Waals surface area (Å²) in [7, 11) is -5.45. The maximum Gasteiger partial charge on any atom is 0.340 e. The van der Waals surface area contributed by atoms with Gasteiger partial charge in [-0.1, -0.05) is 11.6 Å². The van der Waals surface area contributed by atoms with Crippen molar-refractivity contribution in [1.29, 1.82) is 0 Å². The zero-order chi connectivity index (χ0) is 22.1. The highest BCUT2D eigenvalue weighted by Crippen LogP contribution is 2.26. The highest BCUT2D eigenvalue weighted by atomic mass is 35.5. The first-order valence-corrected chi connectivity index (χ1v) is 13.1. The van der Waals surface area contributed by atoms with Gasteiger partial charge in [-0.05, 0) is 37.5 Å². The summed E-state index contributed by atoms with van der Waals surface area (Å²) in [4.78, 5) is 25.9. The molecule has 0 aliphatic carbocycles. The molecule has 12 heteroatoms. The predicted octanol–water partition coefficient (Wildman–Crippen LogP) is 0.927. The standard InChI is InChI=1S/C18H23ClN2O7S2/c1-20(13-6-9-29(24,25)12-13)17(22)11-28-18(23)15-10-14(4-5-16(15)19)30(26,27)21-7-2-3-8-21/h4-5,10,13H,2-3,6-9,11-12H2,1H3. The first-order valence-electron chi connectivity index (χ1n) is 9.44. The SMILES string of the molecule is CN(C(=O)COC(=O)c1cc(S(=O)(=O)N2CCCC2)ccc1Cl)C1CCS(=O)(=O)C1. The molecule has 2 aliphatic heterocycles. The zero-order valence-corrected chi connectivity index (χ0v) is 18.8. The molecule has 166 valence electrons. The quantitative estimate of drug-likeness (QED) is 0.558. The molecule has 0 N–H and O–H groups in total. The molecular weight excluding hydrogens is 456 g/mol. The lowest BCUT2D eigenvalue weighted by atomic mass is 10.2. The average molecular weight is 479 g/mol. The number of ether oxygens (including phenoxy) is 1. The Hall–Kier alpha value is -1.69. The van der Waals surface area contributed by atoms with Crippen molar-refractivity contribution in [3.63, 3.8) is 0 Å². The summed E-state index contributed by atoms with van der Waals surface area (Å²) < 4.78 is 54.9. The van der Waals surface area contributed by atoms with Crippen molar-refractivity contribution in [3.8, 4) is 0 Å². The number of carbonyl (C=O) groups is 2. The monoisotopic (exact) mass is 478 g/mol. The van der Waals surface area contributed by atoms with Gasteiger partial charge in [-0.25, -0.2) is 21.6 Å². The third kappa shape index (κ3) is 4.96. The second-order valence-corrected chi connectivity index (χ2v) is 12.0. The fourth-order valence-corrected chi connectivity index (χ4v) is 7.00. The molecule has 1 aromatic carbocycles. The fraction of sp³-hybridized carbons (Fsp3) is 0.556. The van der Waals surface area contributed by atoms with Crippen LogP contribution < -0.4 is 0 Å². The second kappa shape index (κ2) is 8.81. The third-order valence-corrected chi connectivity index (χ3v) is 9.31. The molecule has 0 bridgehead atoms. The average Bonchev–Trinajstić information content (AvgIpc) is 3.35. The number of sulfone groups is 1. The minimum atomic E-state index is -3.74. The van der Waals surface area contributed by atoms with Crippen molar-refractivity contribution in [2.45, 2.75) is 30.2 Å². The summed E-state index contributed by atoms with van der Waals surface area (Å²) in [6.45, 7) is 0.232. The molecule has 2 heterocycles. The first kappa shape index (κ1) is 23.0. The number of esters is 1. The molecule has 1 unspecified atom stereocenters.